The minimum Gasteiger partial charge on any atom is -0.269 e. The van der Waals surface area contributed by atoms with Gasteiger partial charge in [-0.25, -0.2) is 9.37 Å². The molecule has 0 aliphatic carbocycles. The molecular weight excluding hydrogens is 98.0 g/mol. The third kappa shape index (κ3) is 0.677. The van der Waals surface area contributed by atoms with Crippen LogP contribution >= 0.6 is 0 Å². The van der Waals surface area contributed by atoms with Crippen molar-refractivity contribution in [3.63, 3.8) is 0 Å². The van der Waals surface area contributed by atoms with E-state index >= 15 is 0 Å². The fourth-order valence-corrected chi connectivity index (χ4v) is 0.262. The predicted molar refractivity (Wildman–Crippen MR) is 19.8 cm³/mol. The monoisotopic (exact) mass is 101 g/mol. The molecule has 7 heavy (non-hydrogen) atoms. The third-order valence-electron chi connectivity index (χ3n) is 0.482. The zero-order valence-corrected chi connectivity index (χ0v) is 3.67. The summed E-state index contributed by atoms with van der Waals surface area (Å²) in [5.41, 5.74) is 0. The molecule has 0 aromatic carbocycles. The van der Waals surface area contributed by atoms with Gasteiger partial charge in [0.2, 0.25) is 5.89 Å². The Morgan fingerprint density at radius 2 is 2.29 bits per heavy atom. The lowest BCUT2D eigenvalue weighted by molar-refractivity contribution is 0.0412. The highest BCUT2D eigenvalue weighted by atomic mass is 17.0. The molecule has 1 heterocycles. The van der Waals surface area contributed by atoms with Crippen LogP contribution in [0, 0.1) is 6.92 Å². The maximum absolute atomic E-state index is 9.92. The van der Waals surface area contributed by atoms with Gasteiger partial charge >= 0.3 is 5.76 Å². The topological polar surface area (TPSA) is 56.2 Å². The molecule has 0 amide bonds. The van der Waals surface area contributed by atoms with Gasteiger partial charge in [0.15, 0.2) is 0 Å². The van der Waals surface area contributed by atoms with Crippen molar-refractivity contribution in [1.82, 2.24) is 4.98 Å². The van der Waals surface area contributed by atoms with Crippen LogP contribution in [0.15, 0.2) is 13.9 Å². The highest BCUT2D eigenvalue weighted by molar-refractivity contribution is 4.61. The van der Waals surface area contributed by atoms with E-state index < -0.39 is 5.76 Å². The first-order valence-electron chi connectivity index (χ1n) is 1.73. The summed E-state index contributed by atoms with van der Waals surface area (Å²) in [5, 5.41) is 0. The van der Waals surface area contributed by atoms with Gasteiger partial charge in [-0.3, -0.25) is 4.58 Å². The second-order valence-electron chi connectivity index (χ2n) is 1.06. The Morgan fingerprint density at radius 1 is 1.57 bits per heavy atom. The van der Waals surface area contributed by atoms with Crippen LogP contribution < -0.4 is 5.76 Å². The van der Waals surface area contributed by atoms with Crippen LogP contribution in [-0.4, -0.2) is 4.98 Å². The Hall–Kier alpha value is -1.06. The summed E-state index contributed by atoms with van der Waals surface area (Å²) >= 11 is 0. The van der Waals surface area contributed by atoms with Gasteiger partial charge < -0.3 is 0 Å². The van der Waals surface area contributed by atoms with Gasteiger partial charge in [0.25, 0.3) is 0 Å². The Labute approximate surface area is 38.7 Å². The average molecular weight is 101 g/mol. The molecule has 0 unspecified atom stereocenters. The van der Waals surface area contributed by atoms with Gasteiger partial charge in [-0.2, -0.15) is 0 Å². The van der Waals surface area contributed by atoms with Crippen LogP contribution in [0.3, 0.4) is 0 Å². The third-order valence-corrected chi connectivity index (χ3v) is 0.482. The van der Waals surface area contributed by atoms with Crippen molar-refractivity contribution in [2.45, 2.75) is 6.92 Å². The molecule has 0 atom stereocenters. The van der Waals surface area contributed by atoms with Crippen LogP contribution in [-0.2, 0) is 0 Å². The smallest absolute Gasteiger partial charge is 0.269 e. The normalized spacial score (nSPS) is 9.29. The lowest BCUT2D eigenvalue weighted by atomic mass is 10.8. The Morgan fingerprint density at radius 3 is 2.43 bits per heavy atom. The van der Waals surface area contributed by atoms with Crippen molar-refractivity contribution >= 4 is 0 Å². The average Bonchev–Trinajstić information content (AvgIpc) is 1.87. The molecule has 0 saturated heterocycles. The summed E-state index contributed by atoms with van der Waals surface area (Å²) in [4.78, 5) is 13.1. The summed E-state index contributed by atoms with van der Waals surface area (Å²) in [6, 6.07) is 0. The number of aromatic nitrogens is 1. The molecule has 0 N–H and O–H groups in total. The molecule has 0 aliphatic rings. The largest absolute Gasteiger partial charge is 0.479 e. The van der Waals surface area contributed by atoms with Crippen molar-refractivity contribution < 1.29 is 9.15 Å². The molecule has 4 nitrogen and oxygen atoms in total. The molecule has 0 bridgehead atoms. The molecule has 1 aromatic heterocycles. The first-order valence-corrected chi connectivity index (χ1v) is 1.73. The lowest BCUT2D eigenvalue weighted by Crippen LogP contribution is -1.93. The fraction of sp³-hybridized carbons (Fsp3) is 0.333. The summed E-state index contributed by atoms with van der Waals surface area (Å²) < 4.78 is 8.09. The molecule has 38 valence electrons. The van der Waals surface area contributed by atoms with E-state index in [-0.39, 0.29) is 5.89 Å². The number of nitrogens with zero attached hydrogens (tertiary/aromatic N) is 1. The van der Waals surface area contributed by atoms with Gasteiger partial charge in [0, 0.05) is 6.92 Å². The van der Waals surface area contributed by atoms with Gasteiger partial charge in [0.05, 0.1) is 0 Å². The Balaban J connectivity index is 3.30. The van der Waals surface area contributed by atoms with Crippen LogP contribution in [0.5, 0.6) is 0 Å². The van der Waals surface area contributed by atoms with Crippen LogP contribution in [0.25, 0.3) is 0 Å². The van der Waals surface area contributed by atoms with E-state index in [0.29, 0.717) is 0 Å². The standard InChI is InChI=1S/C3H3NO3/c1-2-4-3(5)7-6-2/h1H3. The number of aryl methyl sites for hydroxylation is 1. The van der Waals surface area contributed by atoms with Crippen molar-refractivity contribution in [2.24, 2.45) is 0 Å². The maximum Gasteiger partial charge on any atom is 0.479 e. The molecule has 0 radical (unpaired) electrons. The molecule has 1 aromatic rings. The number of hydrogen-bond acceptors (Lipinski definition) is 4. The van der Waals surface area contributed by atoms with Gasteiger partial charge in [-0.15, -0.1) is 4.98 Å². The first-order chi connectivity index (χ1) is 3.29. The van der Waals surface area contributed by atoms with Crippen molar-refractivity contribution in [3.05, 3.63) is 16.4 Å². The van der Waals surface area contributed by atoms with Crippen LogP contribution in [0.2, 0.25) is 0 Å². The van der Waals surface area contributed by atoms with Crippen LogP contribution in [0.4, 0.5) is 0 Å². The predicted octanol–water partition coefficient (Wildman–Crippen LogP) is -0.0638. The fourth-order valence-electron chi connectivity index (χ4n) is 0.262. The minimum absolute atomic E-state index is 0.255. The van der Waals surface area contributed by atoms with Gasteiger partial charge in [-0.1, -0.05) is 0 Å². The molecule has 0 spiro atoms. The van der Waals surface area contributed by atoms with Crippen molar-refractivity contribution in [1.29, 1.82) is 0 Å². The highest BCUT2D eigenvalue weighted by Crippen LogP contribution is 1.80. The molecule has 0 saturated carbocycles. The Kier molecular flexibility index (Phi) is 0.714. The second-order valence-corrected chi connectivity index (χ2v) is 1.06. The molecule has 4 heteroatoms. The van der Waals surface area contributed by atoms with E-state index in [1.165, 1.54) is 6.92 Å². The molecule has 1 rings (SSSR count). The summed E-state index contributed by atoms with van der Waals surface area (Å²) in [6.07, 6.45) is 0. The summed E-state index contributed by atoms with van der Waals surface area (Å²) in [7, 11) is 0. The van der Waals surface area contributed by atoms with Crippen molar-refractivity contribution in [2.75, 3.05) is 0 Å². The summed E-state index contributed by atoms with van der Waals surface area (Å²) in [5.74, 6) is -0.428. The molecule has 0 aliphatic heterocycles. The second kappa shape index (κ2) is 1.22. The minimum atomic E-state index is -0.683. The number of rotatable bonds is 0. The quantitative estimate of drug-likeness (QED) is 0.429. The van der Waals surface area contributed by atoms with E-state index in [1.54, 1.807) is 0 Å². The number of hydrogen-bond donors (Lipinski definition) is 0. The molecule has 0 fully saturated rings. The van der Waals surface area contributed by atoms with E-state index in [0.717, 1.165) is 0 Å². The van der Waals surface area contributed by atoms with E-state index in [9.17, 15) is 4.79 Å². The SMILES string of the molecule is Cc1nc(=O)oo1. The maximum atomic E-state index is 9.92. The van der Waals surface area contributed by atoms with Crippen molar-refractivity contribution in [3.8, 4) is 0 Å². The lowest BCUT2D eigenvalue weighted by Gasteiger charge is -1.60. The highest BCUT2D eigenvalue weighted by Gasteiger charge is 1.91. The van der Waals surface area contributed by atoms with Gasteiger partial charge in [-0.05, 0) is 0 Å². The summed E-state index contributed by atoms with van der Waals surface area (Å²) in [6.45, 7) is 1.53. The molecular formula is C3H3NO3. The zero-order valence-electron chi connectivity index (χ0n) is 3.67. The van der Waals surface area contributed by atoms with E-state index in [2.05, 4.69) is 14.1 Å². The Bertz CT molecular complexity index is 198. The first kappa shape index (κ1) is 4.11. The van der Waals surface area contributed by atoms with Gasteiger partial charge in [0.1, 0.15) is 0 Å². The zero-order chi connectivity index (χ0) is 5.28. The van der Waals surface area contributed by atoms with Crippen LogP contribution in [0.1, 0.15) is 5.89 Å². The van der Waals surface area contributed by atoms with E-state index in [1.807, 2.05) is 0 Å². The van der Waals surface area contributed by atoms with E-state index in [4.69, 9.17) is 0 Å².